The topological polar surface area (TPSA) is 110 Å². The highest BCUT2D eigenvalue weighted by molar-refractivity contribution is 5.97. The Kier molecular flexibility index (Phi) is 11.1. The summed E-state index contributed by atoms with van der Waals surface area (Å²) in [5.41, 5.74) is 2.47. The van der Waals surface area contributed by atoms with Crippen LogP contribution in [0.1, 0.15) is 86.2 Å². The minimum atomic E-state index is -0.430. The number of rotatable bonds is 12. The Hall–Kier alpha value is -3.46. The third-order valence-electron chi connectivity index (χ3n) is 8.26. The van der Waals surface area contributed by atoms with Gasteiger partial charge in [0.15, 0.2) is 5.78 Å². The van der Waals surface area contributed by atoms with E-state index < -0.39 is 6.04 Å². The molecule has 1 saturated carbocycles. The lowest BCUT2D eigenvalue weighted by atomic mass is 9.82. The summed E-state index contributed by atoms with van der Waals surface area (Å²) in [6, 6.07) is 8.98. The maximum atomic E-state index is 13.2. The van der Waals surface area contributed by atoms with E-state index in [1.165, 1.54) is 6.42 Å². The molecule has 1 aliphatic carbocycles. The number of benzene rings is 1. The molecule has 9 nitrogen and oxygen atoms in total. The van der Waals surface area contributed by atoms with Crippen LogP contribution in [0.5, 0.6) is 11.6 Å². The molecule has 2 fully saturated rings. The van der Waals surface area contributed by atoms with Gasteiger partial charge < -0.3 is 25.0 Å². The molecule has 2 aromatic rings. The van der Waals surface area contributed by atoms with Crippen LogP contribution in [0.2, 0.25) is 0 Å². The predicted octanol–water partition coefficient (Wildman–Crippen LogP) is 4.25. The van der Waals surface area contributed by atoms with Gasteiger partial charge in [0.2, 0.25) is 11.8 Å². The number of pyridine rings is 1. The van der Waals surface area contributed by atoms with Crippen molar-refractivity contribution in [1.82, 2.24) is 20.5 Å². The summed E-state index contributed by atoms with van der Waals surface area (Å²) in [7, 11) is 1.56. The summed E-state index contributed by atoms with van der Waals surface area (Å²) in [5, 5.41) is 6.27. The number of amides is 2. The molecule has 1 saturated heterocycles. The molecule has 0 bridgehead atoms. The highest BCUT2D eigenvalue weighted by Gasteiger charge is 2.29. The lowest BCUT2D eigenvalue weighted by Gasteiger charge is -2.33. The molecule has 2 aliphatic rings. The third kappa shape index (κ3) is 8.28. The highest BCUT2D eigenvalue weighted by atomic mass is 16.5. The van der Waals surface area contributed by atoms with Crippen molar-refractivity contribution in [3.05, 3.63) is 53.2 Å². The molecule has 222 valence electrons. The standard InChI is InChI=1S/C32H44N4O5/c1-4-41-28-17-29(40-3)34-19-27(28)18-33-20-30(38)36-15-9-14-26(21-36)24-12-8-13-25(16-24)32(39)35-31(22(2)37)23-10-6-5-7-11-23/h8,12-13,16-17,19,23,26,31,33H,4-7,9-11,14-15,18,20-21H2,1-3H3,(H,35,39)/t26-,31-/m0/s1. The van der Waals surface area contributed by atoms with Gasteiger partial charge in [0.05, 0.1) is 26.3 Å². The van der Waals surface area contributed by atoms with Crippen LogP contribution >= 0.6 is 0 Å². The fourth-order valence-corrected chi connectivity index (χ4v) is 6.05. The van der Waals surface area contributed by atoms with Crippen LogP contribution in [0.15, 0.2) is 36.5 Å². The van der Waals surface area contributed by atoms with Crippen molar-refractivity contribution < 1.29 is 23.9 Å². The van der Waals surface area contributed by atoms with Gasteiger partial charge in [0.1, 0.15) is 5.75 Å². The Labute approximate surface area is 243 Å². The molecule has 2 atom stereocenters. The van der Waals surface area contributed by atoms with Gasteiger partial charge in [-0.05, 0) is 63.1 Å². The summed E-state index contributed by atoms with van der Waals surface area (Å²) in [5.74, 6) is 1.40. The molecule has 0 unspecified atom stereocenters. The molecule has 4 rings (SSSR count). The zero-order chi connectivity index (χ0) is 29.2. The maximum absolute atomic E-state index is 13.2. The van der Waals surface area contributed by atoms with E-state index in [4.69, 9.17) is 9.47 Å². The number of likely N-dealkylation sites (tertiary alicyclic amines) is 1. The fourth-order valence-electron chi connectivity index (χ4n) is 6.05. The van der Waals surface area contributed by atoms with Crippen molar-refractivity contribution in [3.63, 3.8) is 0 Å². The van der Waals surface area contributed by atoms with Gasteiger partial charge in [0.25, 0.3) is 5.91 Å². The van der Waals surface area contributed by atoms with Crippen molar-refractivity contribution in [2.24, 2.45) is 5.92 Å². The van der Waals surface area contributed by atoms with Gasteiger partial charge in [-0.15, -0.1) is 0 Å². The van der Waals surface area contributed by atoms with Gasteiger partial charge in [-0.25, -0.2) is 4.98 Å². The number of Topliss-reactive ketones (excluding diaryl/α,β-unsaturated/α-hetero) is 1. The summed E-state index contributed by atoms with van der Waals surface area (Å²) >= 11 is 0. The van der Waals surface area contributed by atoms with Crippen LogP contribution in [-0.2, 0) is 16.1 Å². The second-order valence-corrected chi connectivity index (χ2v) is 11.1. The molecule has 1 aliphatic heterocycles. The van der Waals surface area contributed by atoms with Crippen LogP contribution in [-0.4, -0.2) is 66.9 Å². The van der Waals surface area contributed by atoms with E-state index in [1.807, 2.05) is 30.0 Å². The number of hydrogen-bond acceptors (Lipinski definition) is 7. The Morgan fingerprint density at radius 1 is 1.10 bits per heavy atom. The minimum absolute atomic E-state index is 0.0221. The lowest BCUT2D eigenvalue weighted by Crippen LogP contribution is -2.45. The number of piperidine rings is 1. The molecule has 0 radical (unpaired) electrons. The van der Waals surface area contributed by atoms with Crippen molar-refractivity contribution in [1.29, 1.82) is 0 Å². The van der Waals surface area contributed by atoms with Crippen LogP contribution in [0, 0.1) is 5.92 Å². The van der Waals surface area contributed by atoms with E-state index in [0.29, 0.717) is 43.4 Å². The molecule has 9 heteroatoms. The first-order valence-corrected chi connectivity index (χ1v) is 14.9. The SMILES string of the molecule is CCOc1cc(OC)ncc1CNCC(=O)N1CCC[C@H](c2cccc(C(=O)N[C@@H](C(C)=O)C3CCCCC3)c2)C1. The first-order valence-electron chi connectivity index (χ1n) is 14.9. The molecule has 2 amide bonds. The summed E-state index contributed by atoms with van der Waals surface area (Å²) in [6.07, 6.45) is 8.94. The second-order valence-electron chi connectivity index (χ2n) is 11.1. The number of ketones is 1. The highest BCUT2D eigenvalue weighted by Crippen LogP contribution is 2.29. The quantitative estimate of drug-likeness (QED) is 0.397. The van der Waals surface area contributed by atoms with Gasteiger partial charge in [-0.1, -0.05) is 31.4 Å². The average molecular weight is 565 g/mol. The van der Waals surface area contributed by atoms with Crippen LogP contribution < -0.4 is 20.1 Å². The first kappa shape index (κ1) is 30.5. The fraction of sp³-hybridized carbons (Fsp3) is 0.562. The van der Waals surface area contributed by atoms with Gasteiger partial charge in [-0.3, -0.25) is 14.4 Å². The zero-order valence-corrected chi connectivity index (χ0v) is 24.6. The van der Waals surface area contributed by atoms with E-state index in [2.05, 4.69) is 15.6 Å². The van der Waals surface area contributed by atoms with Crippen LogP contribution in [0.3, 0.4) is 0 Å². The van der Waals surface area contributed by atoms with Gasteiger partial charge in [-0.2, -0.15) is 0 Å². The van der Waals surface area contributed by atoms with Crippen LogP contribution in [0.4, 0.5) is 0 Å². The van der Waals surface area contributed by atoms with Gasteiger partial charge in [0, 0.05) is 48.9 Å². The zero-order valence-electron chi connectivity index (χ0n) is 24.6. The van der Waals surface area contributed by atoms with E-state index in [1.54, 1.807) is 32.4 Å². The third-order valence-corrected chi connectivity index (χ3v) is 8.26. The van der Waals surface area contributed by atoms with Crippen molar-refractivity contribution in [2.45, 2.75) is 77.3 Å². The number of nitrogens with zero attached hydrogens (tertiary/aromatic N) is 2. The number of aromatic nitrogens is 1. The normalized spacial score (nSPS) is 18.4. The summed E-state index contributed by atoms with van der Waals surface area (Å²) in [4.78, 5) is 44.8. The first-order chi connectivity index (χ1) is 19.9. The molecule has 2 heterocycles. The number of ether oxygens (including phenoxy) is 2. The van der Waals surface area contributed by atoms with Crippen molar-refractivity contribution in [2.75, 3.05) is 33.4 Å². The van der Waals surface area contributed by atoms with E-state index >= 15 is 0 Å². The molecule has 1 aromatic heterocycles. The Bertz CT molecular complexity index is 1200. The van der Waals surface area contributed by atoms with E-state index in [-0.39, 0.29) is 36.0 Å². The van der Waals surface area contributed by atoms with Crippen molar-refractivity contribution >= 4 is 17.6 Å². The predicted molar refractivity (Wildman–Crippen MR) is 157 cm³/mol. The molecular formula is C32H44N4O5. The van der Waals surface area contributed by atoms with E-state index in [9.17, 15) is 14.4 Å². The lowest BCUT2D eigenvalue weighted by molar-refractivity contribution is -0.131. The Morgan fingerprint density at radius 2 is 1.90 bits per heavy atom. The number of carbonyl (C=O) groups excluding carboxylic acids is 3. The average Bonchev–Trinajstić information content (AvgIpc) is 3.00. The molecule has 41 heavy (non-hydrogen) atoms. The summed E-state index contributed by atoms with van der Waals surface area (Å²) < 4.78 is 10.9. The summed E-state index contributed by atoms with van der Waals surface area (Å²) in [6.45, 7) is 6.00. The maximum Gasteiger partial charge on any atom is 0.251 e. The molecular weight excluding hydrogens is 520 g/mol. The molecule has 0 spiro atoms. The second kappa shape index (κ2) is 15.0. The Balaban J connectivity index is 1.33. The van der Waals surface area contributed by atoms with Gasteiger partial charge >= 0.3 is 0 Å². The number of methoxy groups -OCH3 is 1. The number of hydrogen-bond donors (Lipinski definition) is 2. The molecule has 2 N–H and O–H groups in total. The minimum Gasteiger partial charge on any atom is -0.493 e. The van der Waals surface area contributed by atoms with E-state index in [0.717, 1.165) is 49.7 Å². The van der Waals surface area contributed by atoms with Crippen LogP contribution in [0.25, 0.3) is 0 Å². The smallest absolute Gasteiger partial charge is 0.251 e. The Morgan fingerprint density at radius 3 is 2.63 bits per heavy atom. The largest absolute Gasteiger partial charge is 0.493 e. The number of carbonyl (C=O) groups is 3. The van der Waals surface area contributed by atoms with Crippen molar-refractivity contribution in [3.8, 4) is 11.6 Å². The monoisotopic (exact) mass is 564 g/mol. The number of nitrogens with one attached hydrogen (secondary N) is 2. The molecule has 1 aromatic carbocycles.